The van der Waals surface area contributed by atoms with Crippen LogP contribution in [0.3, 0.4) is 0 Å². The highest BCUT2D eigenvalue weighted by Crippen LogP contribution is 2.33. The normalized spacial score (nSPS) is 11.8. The third-order valence-electron chi connectivity index (χ3n) is 5.06. The summed E-state index contributed by atoms with van der Waals surface area (Å²) in [6.45, 7) is 5.86. The van der Waals surface area contributed by atoms with E-state index in [4.69, 9.17) is 9.15 Å². The molecule has 0 aliphatic rings. The Hall–Kier alpha value is -3.17. The SMILES string of the molecule is CCOc1ccc2nc(N(Cc3ccco3)C(=O)c3cccc(S(=O)(=O)C(C)C)c3)sc2c1. The number of carbonyl (C=O) groups is 1. The highest BCUT2D eigenvalue weighted by Gasteiger charge is 2.25. The molecule has 0 bridgehead atoms. The van der Waals surface area contributed by atoms with Gasteiger partial charge in [-0.1, -0.05) is 17.4 Å². The van der Waals surface area contributed by atoms with Crippen LogP contribution in [0.1, 0.15) is 36.9 Å². The van der Waals surface area contributed by atoms with E-state index in [1.807, 2.05) is 25.1 Å². The van der Waals surface area contributed by atoms with Gasteiger partial charge in [-0.25, -0.2) is 13.4 Å². The van der Waals surface area contributed by atoms with E-state index >= 15 is 0 Å². The summed E-state index contributed by atoms with van der Waals surface area (Å²) in [5.41, 5.74) is 1.00. The average molecular weight is 485 g/mol. The predicted molar refractivity (Wildman–Crippen MR) is 129 cm³/mol. The summed E-state index contributed by atoms with van der Waals surface area (Å²) in [6.07, 6.45) is 1.54. The molecule has 0 radical (unpaired) electrons. The van der Waals surface area contributed by atoms with Crippen molar-refractivity contribution in [3.05, 3.63) is 72.2 Å². The van der Waals surface area contributed by atoms with Gasteiger partial charge >= 0.3 is 0 Å². The zero-order valence-electron chi connectivity index (χ0n) is 18.5. The number of amides is 1. The van der Waals surface area contributed by atoms with Crippen molar-refractivity contribution in [2.45, 2.75) is 37.5 Å². The topological polar surface area (TPSA) is 89.7 Å². The van der Waals surface area contributed by atoms with Gasteiger partial charge in [-0.15, -0.1) is 0 Å². The Morgan fingerprint density at radius 1 is 1.15 bits per heavy atom. The van der Waals surface area contributed by atoms with E-state index < -0.39 is 15.1 Å². The van der Waals surface area contributed by atoms with Crippen LogP contribution in [-0.2, 0) is 16.4 Å². The van der Waals surface area contributed by atoms with Crippen LogP contribution < -0.4 is 9.64 Å². The molecule has 0 aliphatic heterocycles. The third kappa shape index (κ3) is 4.79. The third-order valence-corrected chi connectivity index (χ3v) is 8.25. The number of fused-ring (bicyclic) bond motifs is 1. The van der Waals surface area contributed by atoms with E-state index in [2.05, 4.69) is 4.98 Å². The zero-order chi connectivity index (χ0) is 23.6. The van der Waals surface area contributed by atoms with E-state index in [1.54, 1.807) is 44.4 Å². The highest BCUT2D eigenvalue weighted by molar-refractivity contribution is 7.92. The Morgan fingerprint density at radius 2 is 1.97 bits per heavy atom. The van der Waals surface area contributed by atoms with Crippen LogP contribution in [0.25, 0.3) is 10.2 Å². The number of thiazole rings is 1. The van der Waals surface area contributed by atoms with Gasteiger partial charge in [-0.3, -0.25) is 9.69 Å². The minimum absolute atomic E-state index is 0.118. The summed E-state index contributed by atoms with van der Waals surface area (Å²) in [5.74, 6) is 0.954. The lowest BCUT2D eigenvalue weighted by Crippen LogP contribution is -2.30. The van der Waals surface area contributed by atoms with Gasteiger partial charge in [0.15, 0.2) is 15.0 Å². The van der Waals surface area contributed by atoms with Crippen molar-refractivity contribution in [2.24, 2.45) is 0 Å². The summed E-state index contributed by atoms with van der Waals surface area (Å²) in [4.78, 5) is 19.9. The first-order chi connectivity index (χ1) is 15.8. The van der Waals surface area contributed by atoms with Gasteiger partial charge < -0.3 is 9.15 Å². The number of aromatic nitrogens is 1. The summed E-state index contributed by atoms with van der Waals surface area (Å²) < 4.78 is 37.2. The van der Waals surface area contributed by atoms with Gasteiger partial charge in [0.25, 0.3) is 5.91 Å². The first kappa shape index (κ1) is 23.0. The molecule has 2 heterocycles. The number of anilines is 1. The Morgan fingerprint density at radius 3 is 2.67 bits per heavy atom. The number of rotatable bonds is 8. The van der Waals surface area contributed by atoms with Crippen molar-refractivity contribution < 1.29 is 22.4 Å². The monoisotopic (exact) mass is 484 g/mol. The van der Waals surface area contributed by atoms with Crippen LogP contribution in [0, 0.1) is 0 Å². The molecule has 9 heteroatoms. The smallest absolute Gasteiger partial charge is 0.260 e. The molecule has 0 N–H and O–H groups in total. The number of hydrogen-bond acceptors (Lipinski definition) is 7. The number of sulfone groups is 1. The van der Waals surface area contributed by atoms with Crippen molar-refractivity contribution in [1.82, 2.24) is 4.98 Å². The van der Waals surface area contributed by atoms with E-state index in [0.717, 1.165) is 16.0 Å². The van der Waals surface area contributed by atoms with Crippen molar-refractivity contribution in [3.63, 3.8) is 0 Å². The molecular weight excluding hydrogens is 460 g/mol. The fourth-order valence-electron chi connectivity index (χ4n) is 3.28. The lowest BCUT2D eigenvalue weighted by Gasteiger charge is -2.19. The van der Waals surface area contributed by atoms with Crippen molar-refractivity contribution >= 4 is 42.4 Å². The number of benzene rings is 2. The molecule has 0 aliphatic carbocycles. The quantitative estimate of drug-likeness (QED) is 0.336. The van der Waals surface area contributed by atoms with Crippen molar-refractivity contribution in [2.75, 3.05) is 11.5 Å². The molecule has 0 fully saturated rings. The fraction of sp³-hybridized carbons (Fsp3) is 0.250. The Kier molecular flexibility index (Phi) is 6.53. The molecule has 0 atom stereocenters. The van der Waals surface area contributed by atoms with Gasteiger partial charge in [0.2, 0.25) is 0 Å². The van der Waals surface area contributed by atoms with Gasteiger partial charge in [-0.2, -0.15) is 0 Å². The minimum Gasteiger partial charge on any atom is -0.494 e. The maximum Gasteiger partial charge on any atom is 0.260 e. The number of carbonyl (C=O) groups excluding carboxylic acids is 1. The lowest BCUT2D eigenvalue weighted by molar-refractivity contribution is 0.0983. The first-order valence-electron chi connectivity index (χ1n) is 10.5. The number of ether oxygens (including phenoxy) is 1. The van der Waals surface area contributed by atoms with Gasteiger partial charge in [0.1, 0.15) is 11.5 Å². The average Bonchev–Trinajstić information content (AvgIpc) is 3.46. The molecule has 1 amide bonds. The largest absolute Gasteiger partial charge is 0.494 e. The van der Waals surface area contributed by atoms with E-state index in [9.17, 15) is 13.2 Å². The standard InChI is InChI=1S/C24H24N2O5S2/c1-4-30-18-10-11-21-22(14-18)32-24(25-21)26(15-19-8-6-12-31-19)23(27)17-7-5-9-20(13-17)33(28,29)16(2)3/h5-14,16H,4,15H2,1-3H3. The number of furan rings is 1. The van der Waals surface area contributed by atoms with Gasteiger partial charge in [0.05, 0.1) is 39.8 Å². The van der Waals surface area contributed by atoms with E-state index in [1.165, 1.54) is 28.4 Å². The predicted octanol–water partition coefficient (Wildman–Crippen LogP) is 5.32. The second-order valence-corrected chi connectivity index (χ2v) is 11.2. The van der Waals surface area contributed by atoms with E-state index in [-0.39, 0.29) is 22.9 Å². The van der Waals surface area contributed by atoms with Crippen LogP contribution in [0.5, 0.6) is 5.75 Å². The van der Waals surface area contributed by atoms with Crippen molar-refractivity contribution in [3.8, 4) is 5.75 Å². The molecule has 4 rings (SSSR count). The molecular formula is C24H24N2O5S2. The highest BCUT2D eigenvalue weighted by atomic mass is 32.2. The summed E-state index contributed by atoms with van der Waals surface area (Å²) in [5, 5.41) is -0.108. The second kappa shape index (κ2) is 9.36. The Balaban J connectivity index is 1.75. The molecule has 33 heavy (non-hydrogen) atoms. The molecule has 7 nitrogen and oxygen atoms in total. The van der Waals surface area contributed by atoms with Gasteiger partial charge in [0, 0.05) is 5.56 Å². The van der Waals surface area contributed by atoms with Crippen LogP contribution >= 0.6 is 11.3 Å². The molecule has 0 saturated carbocycles. The minimum atomic E-state index is -3.52. The maximum absolute atomic E-state index is 13.6. The Bertz CT molecular complexity index is 1380. The molecule has 4 aromatic rings. The molecule has 0 unspecified atom stereocenters. The molecule has 0 saturated heterocycles. The maximum atomic E-state index is 13.6. The van der Waals surface area contributed by atoms with Crippen LogP contribution in [0.4, 0.5) is 5.13 Å². The van der Waals surface area contributed by atoms with Gasteiger partial charge in [-0.05, 0) is 69.3 Å². The zero-order valence-corrected chi connectivity index (χ0v) is 20.2. The summed E-state index contributed by atoms with van der Waals surface area (Å²) in [7, 11) is -3.52. The molecule has 0 spiro atoms. The number of nitrogens with zero attached hydrogens (tertiary/aromatic N) is 2. The summed E-state index contributed by atoms with van der Waals surface area (Å²) >= 11 is 1.36. The van der Waals surface area contributed by atoms with Crippen LogP contribution in [0.2, 0.25) is 0 Å². The molecule has 2 aromatic carbocycles. The number of hydrogen-bond donors (Lipinski definition) is 0. The fourth-order valence-corrected chi connectivity index (χ4v) is 5.38. The lowest BCUT2D eigenvalue weighted by atomic mass is 10.2. The van der Waals surface area contributed by atoms with Crippen molar-refractivity contribution in [1.29, 1.82) is 0 Å². The molecule has 2 aromatic heterocycles. The Labute approximate surface area is 196 Å². The van der Waals surface area contributed by atoms with E-state index in [0.29, 0.717) is 17.5 Å². The summed E-state index contributed by atoms with van der Waals surface area (Å²) in [6, 6.07) is 15.2. The second-order valence-electron chi connectivity index (χ2n) is 7.65. The molecule has 172 valence electrons. The first-order valence-corrected chi connectivity index (χ1v) is 12.9. The van der Waals surface area contributed by atoms with Crippen LogP contribution in [0.15, 0.2) is 70.2 Å². The van der Waals surface area contributed by atoms with Crippen LogP contribution in [-0.4, -0.2) is 31.2 Å².